The number of amides is 1. The van der Waals surface area contributed by atoms with Crippen molar-refractivity contribution in [3.63, 3.8) is 0 Å². The zero-order valence-electron chi connectivity index (χ0n) is 11.7. The van der Waals surface area contributed by atoms with Gasteiger partial charge in [-0.25, -0.2) is 0 Å². The Labute approximate surface area is 113 Å². The van der Waals surface area contributed by atoms with Crippen LogP contribution in [-0.4, -0.2) is 31.4 Å². The van der Waals surface area contributed by atoms with E-state index in [4.69, 9.17) is 4.74 Å². The predicted molar refractivity (Wildman–Crippen MR) is 74.8 cm³/mol. The summed E-state index contributed by atoms with van der Waals surface area (Å²) in [6.07, 6.45) is 0. The number of nitrogens with one attached hydrogen (secondary N) is 2. The molecule has 2 N–H and O–H groups in total. The molecule has 0 aromatic heterocycles. The van der Waals surface area contributed by atoms with Crippen molar-refractivity contribution >= 4 is 17.4 Å². The Morgan fingerprint density at radius 2 is 2.05 bits per heavy atom. The summed E-state index contributed by atoms with van der Waals surface area (Å²) in [5, 5.41) is 5.57. The summed E-state index contributed by atoms with van der Waals surface area (Å²) in [5.41, 5.74) is 1.05. The van der Waals surface area contributed by atoms with Crippen LogP contribution in [0, 0.1) is 0 Å². The second kappa shape index (κ2) is 6.89. The first-order chi connectivity index (χ1) is 8.99. The predicted octanol–water partition coefficient (Wildman–Crippen LogP) is 1.83. The molecular weight excluding hydrogens is 244 g/mol. The normalized spacial score (nSPS) is 11.8. The number of hydrogen-bond donors (Lipinski definition) is 2. The second-order valence-electron chi connectivity index (χ2n) is 4.20. The Hall–Kier alpha value is -1.88. The maximum Gasteiger partial charge on any atom is 0.221 e. The fourth-order valence-corrected chi connectivity index (χ4v) is 1.63. The SMILES string of the molecule is CCOc1ccc(C(=O)C(C)NC)cc1NC(C)=O. The van der Waals surface area contributed by atoms with E-state index in [1.807, 2.05) is 6.92 Å². The lowest BCUT2D eigenvalue weighted by molar-refractivity contribution is -0.114. The number of ether oxygens (including phenoxy) is 1. The van der Waals surface area contributed by atoms with E-state index >= 15 is 0 Å². The minimum atomic E-state index is -0.275. The summed E-state index contributed by atoms with van der Waals surface area (Å²) in [6.45, 7) is 5.56. The molecule has 0 spiro atoms. The summed E-state index contributed by atoms with van der Waals surface area (Å²) in [5.74, 6) is 0.329. The average molecular weight is 264 g/mol. The molecular formula is C14H20N2O3. The zero-order valence-corrected chi connectivity index (χ0v) is 11.7. The average Bonchev–Trinajstić information content (AvgIpc) is 2.38. The number of hydrogen-bond acceptors (Lipinski definition) is 4. The summed E-state index contributed by atoms with van der Waals surface area (Å²) in [6, 6.07) is 4.77. The topological polar surface area (TPSA) is 67.4 Å². The number of benzene rings is 1. The molecule has 1 aromatic rings. The highest BCUT2D eigenvalue weighted by Crippen LogP contribution is 2.26. The van der Waals surface area contributed by atoms with E-state index in [1.165, 1.54) is 6.92 Å². The summed E-state index contributed by atoms with van der Waals surface area (Å²) < 4.78 is 5.42. The number of carbonyl (C=O) groups is 2. The van der Waals surface area contributed by atoms with Gasteiger partial charge in [0.05, 0.1) is 18.3 Å². The van der Waals surface area contributed by atoms with Gasteiger partial charge in [0.1, 0.15) is 5.75 Å². The van der Waals surface area contributed by atoms with Crippen LogP contribution in [0.25, 0.3) is 0 Å². The molecule has 0 heterocycles. The van der Waals surface area contributed by atoms with Crippen LogP contribution < -0.4 is 15.4 Å². The molecule has 0 aliphatic heterocycles. The molecule has 5 nitrogen and oxygen atoms in total. The van der Waals surface area contributed by atoms with Crippen LogP contribution in [0.1, 0.15) is 31.1 Å². The Morgan fingerprint density at radius 3 is 2.58 bits per heavy atom. The molecule has 1 aromatic carbocycles. The van der Waals surface area contributed by atoms with Gasteiger partial charge >= 0.3 is 0 Å². The van der Waals surface area contributed by atoms with Gasteiger partial charge in [-0.05, 0) is 39.1 Å². The Balaban J connectivity index is 3.09. The monoisotopic (exact) mass is 264 g/mol. The fourth-order valence-electron chi connectivity index (χ4n) is 1.63. The molecule has 0 bridgehead atoms. The van der Waals surface area contributed by atoms with Crippen molar-refractivity contribution in [1.29, 1.82) is 0 Å². The molecule has 0 aliphatic rings. The summed E-state index contributed by atoms with van der Waals surface area (Å²) in [7, 11) is 1.73. The van der Waals surface area contributed by atoms with Crippen molar-refractivity contribution < 1.29 is 14.3 Å². The Morgan fingerprint density at radius 1 is 1.37 bits per heavy atom. The molecule has 0 saturated carbocycles. The third kappa shape index (κ3) is 4.06. The van der Waals surface area contributed by atoms with Gasteiger partial charge in [0.15, 0.2) is 5.78 Å². The van der Waals surface area contributed by atoms with Crippen LogP contribution in [0.3, 0.4) is 0 Å². The number of rotatable bonds is 6. The number of likely N-dealkylation sites (N-methyl/N-ethyl adjacent to an activating group) is 1. The highest BCUT2D eigenvalue weighted by molar-refractivity contribution is 6.02. The maximum absolute atomic E-state index is 12.1. The first-order valence-corrected chi connectivity index (χ1v) is 6.25. The minimum Gasteiger partial charge on any atom is -0.492 e. The first-order valence-electron chi connectivity index (χ1n) is 6.25. The van der Waals surface area contributed by atoms with Gasteiger partial charge in [0, 0.05) is 12.5 Å². The van der Waals surface area contributed by atoms with E-state index in [-0.39, 0.29) is 17.7 Å². The molecule has 5 heteroatoms. The van der Waals surface area contributed by atoms with Crippen LogP contribution in [-0.2, 0) is 4.79 Å². The van der Waals surface area contributed by atoms with Crippen LogP contribution >= 0.6 is 0 Å². The largest absolute Gasteiger partial charge is 0.492 e. The molecule has 1 amide bonds. The zero-order chi connectivity index (χ0) is 14.4. The van der Waals surface area contributed by atoms with E-state index in [0.717, 1.165) is 0 Å². The third-order valence-corrected chi connectivity index (χ3v) is 2.70. The molecule has 1 atom stereocenters. The van der Waals surface area contributed by atoms with Crippen LogP contribution in [0.4, 0.5) is 5.69 Å². The number of ketones is 1. The van der Waals surface area contributed by atoms with Gasteiger partial charge < -0.3 is 15.4 Å². The van der Waals surface area contributed by atoms with Crippen LogP contribution in [0.2, 0.25) is 0 Å². The van der Waals surface area contributed by atoms with Crippen molar-refractivity contribution in [3.8, 4) is 5.75 Å². The molecule has 19 heavy (non-hydrogen) atoms. The number of Topliss-reactive ketones (excluding diaryl/α,β-unsaturated/α-hetero) is 1. The third-order valence-electron chi connectivity index (χ3n) is 2.70. The highest BCUT2D eigenvalue weighted by Gasteiger charge is 2.15. The molecule has 0 radical (unpaired) electrons. The fraction of sp³-hybridized carbons (Fsp3) is 0.429. The van der Waals surface area contributed by atoms with E-state index in [2.05, 4.69) is 10.6 Å². The standard InChI is InChI=1S/C14H20N2O3/c1-5-19-13-7-6-11(14(18)9(2)15-4)8-12(13)16-10(3)17/h6-9,15H,5H2,1-4H3,(H,16,17). The highest BCUT2D eigenvalue weighted by atomic mass is 16.5. The van der Waals surface area contributed by atoms with Crippen molar-refractivity contribution in [2.45, 2.75) is 26.8 Å². The molecule has 1 unspecified atom stereocenters. The Bertz CT molecular complexity index is 472. The van der Waals surface area contributed by atoms with Crippen molar-refractivity contribution in [2.24, 2.45) is 0 Å². The van der Waals surface area contributed by atoms with Crippen molar-refractivity contribution in [1.82, 2.24) is 5.32 Å². The first kappa shape index (κ1) is 15.2. The lowest BCUT2D eigenvalue weighted by Crippen LogP contribution is -2.30. The Kier molecular flexibility index (Phi) is 5.51. The second-order valence-corrected chi connectivity index (χ2v) is 4.20. The lowest BCUT2D eigenvalue weighted by Gasteiger charge is -2.14. The van der Waals surface area contributed by atoms with Gasteiger partial charge in [-0.3, -0.25) is 9.59 Å². The minimum absolute atomic E-state index is 0.0304. The van der Waals surface area contributed by atoms with E-state index in [1.54, 1.807) is 32.2 Å². The number of carbonyl (C=O) groups excluding carboxylic acids is 2. The quantitative estimate of drug-likeness (QED) is 0.769. The lowest BCUT2D eigenvalue weighted by atomic mass is 10.0. The van der Waals surface area contributed by atoms with Crippen LogP contribution in [0.15, 0.2) is 18.2 Å². The number of anilines is 1. The smallest absolute Gasteiger partial charge is 0.221 e. The van der Waals surface area contributed by atoms with E-state index < -0.39 is 0 Å². The van der Waals surface area contributed by atoms with Gasteiger partial charge in [-0.1, -0.05) is 0 Å². The van der Waals surface area contributed by atoms with Gasteiger partial charge in [0.2, 0.25) is 5.91 Å². The summed E-state index contributed by atoms with van der Waals surface area (Å²) in [4.78, 5) is 23.2. The molecule has 0 aliphatic carbocycles. The van der Waals surface area contributed by atoms with Gasteiger partial charge in [-0.15, -0.1) is 0 Å². The van der Waals surface area contributed by atoms with E-state index in [9.17, 15) is 9.59 Å². The van der Waals surface area contributed by atoms with E-state index in [0.29, 0.717) is 23.6 Å². The summed E-state index contributed by atoms with van der Waals surface area (Å²) >= 11 is 0. The molecule has 104 valence electrons. The molecule has 0 saturated heterocycles. The molecule has 1 rings (SSSR count). The maximum atomic E-state index is 12.1. The van der Waals surface area contributed by atoms with Crippen molar-refractivity contribution in [2.75, 3.05) is 19.0 Å². The van der Waals surface area contributed by atoms with Crippen LogP contribution in [0.5, 0.6) is 5.75 Å². The van der Waals surface area contributed by atoms with Gasteiger partial charge in [0.25, 0.3) is 0 Å². The molecule has 0 fully saturated rings. The van der Waals surface area contributed by atoms with Crippen molar-refractivity contribution in [3.05, 3.63) is 23.8 Å². The van der Waals surface area contributed by atoms with Gasteiger partial charge in [-0.2, -0.15) is 0 Å².